The molecule has 0 amide bonds. The number of hydrogen-bond acceptors (Lipinski definition) is 2. The van der Waals surface area contributed by atoms with Crippen molar-refractivity contribution in [2.45, 2.75) is 59.9 Å². The third kappa shape index (κ3) is 2.50. The van der Waals surface area contributed by atoms with E-state index >= 15 is 0 Å². The zero-order valence-corrected chi connectivity index (χ0v) is 12.0. The van der Waals surface area contributed by atoms with Gasteiger partial charge in [-0.3, -0.25) is 9.48 Å². The van der Waals surface area contributed by atoms with Gasteiger partial charge in [-0.2, -0.15) is 5.10 Å². The summed E-state index contributed by atoms with van der Waals surface area (Å²) in [5, 5.41) is 4.41. The molecule has 1 unspecified atom stereocenters. The normalized spacial score (nSPS) is 22.3. The molecule has 0 N–H and O–H groups in total. The van der Waals surface area contributed by atoms with Crippen molar-refractivity contribution < 1.29 is 4.79 Å². The molecule has 0 aromatic carbocycles. The largest absolute Gasteiger partial charge is 0.299 e. The van der Waals surface area contributed by atoms with Crippen molar-refractivity contribution in [1.29, 1.82) is 0 Å². The second kappa shape index (κ2) is 4.87. The molecule has 1 aromatic heterocycles. The van der Waals surface area contributed by atoms with Crippen LogP contribution >= 0.6 is 0 Å². The van der Waals surface area contributed by atoms with Crippen molar-refractivity contribution in [1.82, 2.24) is 9.78 Å². The van der Waals surface area contributed by atoms with Gasteiger partial charge in [0.2, 0.25) is 0 Å². The van der Waals surface area contributed by atoms with Gasteiger partial charge in [-0.15, -0.1) is 0 Å². The molecule has 3 nitrogen and oxygen atoms in total. The maximum absolute atomic E-state index is 12.5. The molecule has 0 radical (unpaired) electrons. The fourth-order valence-electron chi connectivity index (χ4n) is 3.24. The van der Waals surface area contributed by atoms with Crippen LogP contribution in [0.15, 0.2) is 6.07 Å². The number of aromatic nitrogens is 2. The van der Waals surface area contributed by atoms with Gasteiger partial charge in [0.1, 0.15) is 5.78 Å². The molecule has 1 heterocycles. The Hall–Kier alpha value is -1.12. The molecule has 1 aromatic rings. The molecule has 3 heteroatoms. The van der Waals surface area contributed by atoms with E-state index in [2.05, 4.69) is 25.9 Å². The highest BCUT2D eigenvalue weighted by molar-refractivity contribution is 5.84. The summed E-state index contributed by atoms with van der Waals surface area (Å²) in [5.41, 5.74) is 2.26. The number of ketones is 1. The van der Waals surface area contributed by atoms with Gasteiger partial charge < -0.3 is 0 Å². The van der Waals surface area contributed by atoms with Crippen LogP contribution in [0.3, 0.4) is 0 Å². The Morgan fingerprint density at radius 3 is 2.83 bits per heavy atom. The summed E-state index contributed by atoms with van der Waals surface area (Å²) in [5.74, 6) is 0.630. The van der Waals surface area contributed by atoms with Gasteiger partial charge in [0.15, 0.2) is 0 Å². The summed E-state index contributed by atoms with van der Waals surface area (Å²) >= 11 is 0. The van der Waals surface area contributed by atoms with E-state index in [-0.39, 0.29) is 11.3 Å². The summed E-state index contributed by atoms with van der Waals surface area (Å²) < 4.78 is 1.95. The number of carbonyl (C=O) groups excluding carboxylic acids is 1. The molecule has 0 spiro atoms. The third-order valence-corrected chi connectivity index (χ3v) is 4.29. The number of aryl methyl sites for hydroxylation is 2. The van der Waals surface area contributed by atoms with Crippen molar-refractivity contribution >= 4 is 5.78 Å². The van der Waals surface area contributed by atoms with Crippen molar-refractivity contribution in [2.24, 2.45) is 11.3 Å². The van der Waals surface area contributed by atoms with E-state index in [4.69, 9.17) is 0 Å². The highest BCUT2D eigenvalue weighted by atomic mass is 16.1. The monoisotopic (exact) mass is 248 g/mol. The van der Waals surface area contributed by atoms with E-state index in [1.807, 2.05) is 17.7 Å². The SMILES string of the molecule is CCn1nc(C)cc1CC(=O)C1CCCC1(C)C. The first-order valence-electron chi connectivity index (χ1n) is 7.00. The molecule has 1 saturated carbocycles. The molecule has 0 aliphatic heterocycles. The molecule has 0 saturated heterocycles. The molecule has 18 heavy (non-hydrogen) atoms. The van der Waals surface area contributed by atoms with Crippen molar-refractivity contribution in [3.05, 3.63) is 17.5 Å². The number of Topliss-reactive ketones (excluding diaryl/α,β-unsaturated/α-hetero) is 1. The van der Waals surface area contributed by atoms with E-state index in [1.165, 1.54) is 12.8 Å². The lowest BCUT2D eigenvalue weighted by atomic mass is 9.78. The summed E-state index contributed by atoms with van der Waals surface area (Å²) in [6, 6.07) is 2.04. The predicted molar refractivity (Wildman–Crippen MR) is 72.5 cm³/mol. The van der Waals surface area contributed by atoms with Crippen LogP contribution in [0.1, 0.15) is 51.4 Å². The smallest absolute Gasteiger partial charge is 0.142 e. The summed E-state index contributed by atoms with van der Waals surface area (Å²) in [4.78, 5) is 12.5. The minimum Gasteiger partial charge on any atom is -0.299 e. The Labute approximate surface area is 110 Å². The number of carbonyl (C=O) groups is 1. The van der Waals surface area contributed by atoms with Crippen LogP contribution in [0.2, 0.25) is 0 Å². The third-order valence-electron chi connectivity index (χ3n) is 4.29. The highest BCUT2D eigenvalue weighted by Crippen LogP contribution is 2.43. The average Bonchev–Trinajstić information content (AvgIpc) is 2.80. The summed E-state index contributed by atoms with van der Waals surface area (Å²) in [6.45, 7) is 9.35. The van der Waals surface area contributed by atoms with Crippen LogP contribution in [0.25, 0.3) is 0 Å². The maximum atomic E-state index is 12.5. The van der Waals surface area contributed by atoms with Gasteiger partial charge in [0.05, 0.1) is 5.69 Å². The first kappa shape index (κ1) is 13.3. The molecule has 0 bridgehead atoms. The zero-order chi connectivity index (χ0) is 13.3. The lowest BCUT2D eigenvalue weighted by molar-refractivity contribution is -0.124. The van der Waals surface area contributed by atoms with Gasteiger partial charge in [-0.25, -0.2) is 0 Å². The molecule has 100 valence electrons. The molecule has 1 aliphatic carbocycles. The Bertz CT molecular complexity index is 445. The van der Waals surface area contributed by atoms with E-state index in [0.29, 0.717) is 12.2 Å². The molecule has 1 atom stereocenters. The van der Waals surface area contributed by atoms with Crippen LogP contribution in [0.4, 0.5) is 0 Å². The first-order chi connectivity index (χ1) is 8.44. The maximum Gasteiger partial charge on any atom is 0.142 e. The number of rotatable bonds is 4. The van der Waals surface area contributed by atoms with E-state index < -0.39 is 0 Å². The highest BCUT2D eigenvalue weighted by Gasteiger charge is 2.38. The summed E-state index contributed by atoms with van der Waals surface area (Å²) in [6.07, 6.45) is 3.97. The van der Waals surface area contributed by atoms with Crippen LogP contribution < -0.4 is 0 Å². The van der Waals surface area contributed by atoms with Crippen LogP contribution in [-0.4, -0.2) is 15.6 Å². The Morgan fingerprint density at radius 2 is 2.28 bits per heavy atom. The topological polar surface area (TPSA) is 34.9 Å². The fraction of sp³-hybridized carbons (Fsp3) is 0.733. The van der Waals surface area contributed by atoms with Crippen molar-refractivity contribution in [3.8, 4) is 0 Å². The minimum absolute atomic E-state index is 0.184. The van der Waals surface area contributed by atoms with Crippen LogP contribution in [0, 0.1) is 18.3 Å². The quantitative estimate of drug-likeness (QED) is 0.820. The Balaban J connectivity index is 2.11. The van der Waals surface area contributed by atoms with Crippen molar-refractivity contribution in [3.63, 3.8) is 0 Å². The molecule has 1 aliphatic rings. The van der Waals surface area contributed by atoms with Gasteiger partial charge in [0, 0.05) is 24.6 Å². The van der Waals surface area contributed by atoms with E-state index in [0.717, 1.165) is 24.4 Å². The zero-order valence-electron chi connectivity index (χ0n) is 12.0. The molecular weight excluding hydrogens is 224 g/mol. The number of nitrogens with zero attached hydrogens (tertiary/aromatic N) is 2. The summed E-state index contributed by atoms with van der Waals surface area (Å²) in [7, 11) is 0. The first-order valence-corrected chi connectivity index (χ1v) is 7.00. The lowest BCUT2D eigenvalue weighted by Crippen LogP contribution is -2.27. The second-order valence-corrected chi connectivity index (χ2v) is 6.17. The lowest BCUT2D eigenvalue weighted by Gasteiger charge is -2.25. The predicted octanol–water partition coefficient (Wildman–Crippen LogP) is 3.15. The molecule has 1 fully saturated rings. The van der Waals surface area contributed by atoms with Gasteiger partial charge >= 0.3 is 0 Å². The average molecular weight is 248 g/mol. The van der Waals surface area contributed by atoms with E-state index in [9.17, 15) is 4.79 Å². The molecular formula is C15H24N2O. The Kier molecular flexibility index (Phi) is 3.60. The standard InChI is InChI=1S/C15H24N2O/c1-5-17-12(9-11(2)16-17)10-14(18)13-7-6-8-15(13,3)4/h9,13H,5-8,10H2,1-4H3. The van der Waals surface area contributed by atoms with Gasteiger partial charge in [0.25, 0.3) is 0 Å². The second-order valence-electron chi connectivity index (χ2n) is 6.17. The van der Waals surface area contributed by atoms with Crippen molar-refractivity contribution in [2.75, 3.05) is 0 Å². The van der Waals surface area contributed by atoms with E-state index in [1.54, 1.807) is 0 Å². The fourth-order valence-corrected chi connectivity index (χ4v) is 3.24. The molecule has 2 rings (SSSR count). The minimum atomic E-state index is 0.184. The number of hydrogen-bond donors (Lipinski definition) is 0. The van der Waals surface area contributed by atoms with Crippen LogP contribution in [-0.2, 0) is 17.8 Å². The Morgan fingerprint density at radius 1 is 1.56 bits per heavy atom. The van der Waals surface area contributed by atoms with Crippen LogP contribution in [0.5, 0.6) is 0 Å². The van der Waals surface area contributed by atoms with Gasteiger partial charge in [-0.1, -0.05) is 20.3 Å². The van der Waals surface area contributed by atoms with Gasteiger partial charge in [-0.05, 0) is 38.2 Å².